The summed E-state index contributed by atoms with van der Waals surface area (Å²) in [5.74, 6) is -0.373. The number of aromatic carboxylic acids is 1. The molecule has 1 amide bonds. The highest BCUT2D eigenvalue weighted by Crippen LogP contribution is 2.28. The first kappa shape index (κ1) is 15.8. The van der Waals surface area contributed by atoms with Gasteiger partial charge in [-0.1, -0.05) is 0 Å². The van der Waals surface area contributed by atoms with Crippen LogP contribution in [-0.2, 0) is 4.79 Å². The van der Waals surface area contributed by atoms with E-state index in [1.165, 1.54) is 11.3 Å². The summed E-state index contributed by atoms with van der Waals surface area (Å²) in [5.41, 5.74) is 9.64. The Morgan fingerprint density at radius 1 is 1.29 bits per heavy atom. The molecule has 8 heteroatoms. The summed E-state index contributed by atoms with van der Waals surface area (Å²) < 4.78 is 6.04. The van der Waals surface area contributed by atoms with Crippen molar-refractivity contribution in [2.75, 3.05) is 17.7 Å². The fraction of sp³-hybridized carbons (Fsp3) is 0.0625. The van der Waals surface area contributed by atoms with Crippen molar-refractivity contribution in [1.82, 2.24) is 4.98 Å². The Kier molecular flexibility index (Phi) is 4.30. The Morgan fingerprint density at radius 3 is 2.92 bits per heavy atom. The summed E-state index contributed by atoms with van der Waals surface area (Å²) in [5, 5.41) is 11.3. The number of amides is 1. The number of nitrogens with one attached hydrogen (secondary N) is 1. The fourth-order valence-electron chi connectivity index (χ4n) is 2.09. The third kappa shape index (κ3) is 3.44. The Bertz CT molecular complexity index is 923. The predicted octanol–water partition coefficient (Wildman–Crippen LogP) is 2.59. The molecule has 1 aliphatic rings. The molecule has 7 nitrogen and oxygen atoms in total. The lowest BCUT2D eigenvalue weighted by atomic mass is 10.2. The molecule has 0 radical (unpaired) electrons. The normalized spacial score (nSPS) is 12.4. The SMILES string of the molecule is Nc1ccc2c(c1)NC(=O)CO2.O=C(O)c1ccc2ncsc2c1. The van der Waals surface area contributed by atoms with Crippen LogP contribution in [0.3, 0.4) is 0 Å². The molecule has 0 aliphatic carbocycles. The van der Waals surface area contributed by atoms with Crippen LogP contribution in [-0.4, -0.2) is 28.6 Å². The van der Waals surface area contributed by atoms with E-state index in [2.05, 4.69) is 10.3 Å². The number of ether oxygens (including phenoxy) is 1. The molecule has 0 spiro atoms. The van der Waals surface area contributed by atoms with E-state index in [4.69, 9.17) is 15.6 Å². The fourth-order valence-corrected chi connectivity index (χ4v) is 2.81. The summed E-state index contributed by atoms with van der Waals surface area (Å²) in [6.07, 6.45) is 0. The number of benzene rings is 2. The molecule has 4 rings (SSSR count). The average molecular weight is 343 g/mol. The number of hydrogen-bond acceptors (Lipinski definition) is 6. The highest BCUT2D eigenvalue weighted by atomic mass is 32.1. The lowest BCUT2D eigenvalue weighted by Gasteiger charge is -2.17. The quantitative estimate of drug-likeness (QED) is 0.585. The smallest absolute Gasteiger partial charge is 0.335 e. The van der Waals surface area contributed by atoms with E-state index in [9.17, 15) is 9.59 Å². The van der Waals surface area contributed by atoms with Gasteiger partial charge in [-0.2, -0.15) is 0 Å². The number of carboxylic acid groups (broad SMARTS) is 1. The van der Waals surface area contributed by atoms with Crippen molar-refractivity contribution in [3.8, 4) is 5.75 Å². The molecular formula is C16H13N3O4S. The van der Waals surface area contributed by atoms with Crippen LogP contribution in [0, 0.1) is 0 Å². The van der Waals surface area contributed by atoms with E-state index in [0.717, 1.165) is 10.2 Å². The van der Waals surface area contributed by atoms with Gasteiger partial charge in [-0.15, -0.1) is 11.3 Å². The van der Waals surface area contributed by atoms with Gasteiger partial charge in [-0.3, -0.25) is 4.79 Å². The molecule has 122 valence electrons. The minimum atomic E-state index is -0.898. The Labute approximate surface area is 140 Å². The van der Waals surface area contributed by atoms with E-state index in [1.54, 1.807) is 41.9 Å². The predicted molar refractivity (Wildman–Crippen MR) is 91.6 cm³/mol. The number of carbonyl (C=O) groups excluding carboxylic acids is 1. The average Bonchev–Trinajstić information content (AvgIpc) is 3.02. The zero-order chi connectivity index (χ0) is 17.1. The zero-order valence-corrected chi connectivity index (χ0v) is 13.2. The van der Waals surface area contributed by atoms with Gasteiger partial charge in [0.15, 0.2) is 6.61 Å². The van der Waals surface area contributed by atoms with Crippen molar-refractivity contribution in [3.05, 3.63) is 47.5 Å². The molecule has 1 aromatic heterocycles. The van der Waals surface area contributed by atoms with Gasteiger partial charge in [0, 0.05) is 5.69 Å². The van der Waals surface area contributed by atoms with Crippen LogP contribution >= 0.6 is 11.3 Å². The second-order valence-electron chi connectivity index (χ2n) is 4.93. The second-order valence-corrected chi connectivity index (χ2v) is 5.82. The number of nitrogens with zero attached hydrogens (tertiary/aromatic N) is 1. The highest BCUT2D eigenvalue weighted by molar-refractivity contribution is 7.16. The van der Waals surface area contributed by atoms with E-state index < -0.39 is 5.97 Å². The third-order valence-corrected chi connectivity index (χ3v) is 4.01. The number of fused-ring (bicyclic) bond motifs is 2. The van der Waals surface area contributed by atoms with E-state index >= 15 is 0 Å². The summed E-state index contributed by atoms with van der Waals surface area (Å²) >= 11 is 1.44. The number of carbonyl (C=O) groups is 2. The molecule has 24 heavy (non-hydrogen) atoms. The van der Waals surface area contributed by atoms with Crippen molar-refractivity contribution in [2.24, 2.45) is 0 Å². The largest absolute Gasteiger partial charge is 0.482 e. The van der Waals surface area contributed by atoms with Crippen LogP contribution in [0.15, 0.2) is 41.9 Å². The standard InChI is InChI=1S/C8H8N2O2.C8H5NO2S/c9-5-1-2-7-6(3-5)10-8(11)4-12-7;10-8(11)5-1-2-6-7(3-5)12-4-9-6/h1-3H,4,9H2,(H,10,11);1-4H,(H,10,11). The number of hydrogen-bond donors (Lipinski definition) is 3. The van der Waals surface area contributed by atoms with Gasteiger partial charge in [0.2, 0.25) is 0 Å². The maximum absolute atomic E-state index is 10.9. The van der Waals surface area contributed by atoms with Crippen molar-refractivity contribution in [2.45, 2.75) is 0 Å². The minimum absolute atomic E-state index is 0.0803. The number of nitrogens with two attached hydrogens (primary N) is 1. The Morgan fingerprint density at radius 2 is 2.12 bits per heavy atom. The first-order valence-electron chi connectivity index (χ1n) is 6.91. The summed E-state index contributed by atoms with van der Waals surface area (Å²) in [7, 11) is 0. The molecule has 0 unspecified atom stereocenters. The number of anilines is 2. The van der Waals surface area contributed by atoms with E-state index in [-0.39, 0.29) is 12.5 Å². The lowest BCUT2D eigenvalue weighted by molar-refractivity contribution is -0.118. The first-order chi connectivity index (χ1) is 11.5. The number of nitrogen functional groups attached to an aromatic ring is 1. The molecule has 0 fully saturated rings. The van der Waals surface area contributed by atoms with Gasteiger partial charge in [0.25, 0.3) is 5.91 Å². The summed E-state index contributed by atoms with van der Waals surface area (Å²) in [6.45, 7) is 0.0803. The van der Waals surface area contributed by atoms with Crippen LogP contribution in [0.25, 0.3) is 10.2 Å². The third-order valence-electron chi connectivity index (χ3n) is 3.21. The molecule has 0 bridgehead atoms. The molecule has 0 saturated heterocycles. The second kappa shape index (κ2) is 6.55. The van der Waals surface area contributed by atoms with Gasteiger partial charge in [-0.25, -0.2) is 9.78 Å². The summed E-state index contributed by atoms with van der Waals surface area (Å²) in [6, 6.07) is 10.1. The molecule has 1 aliphatic heterocycles. The van der Waals surface area contributed by atoms with E-state index in [0.29, 0.717) is 22.7 Å². The maximum Gasteiger partial charge on any atom is 0.335 e. The Balaban J connectivity index is 0.000000141. The van der Waals surface area contributed by atoms with Gasteiger partial charge < -0.3 is 20.9 Å². The molecule has 2 aromatic carbocycles. The molecule has 0 atom stereocenters. The van der Waals surface area contributed by atoms with Crippen molar-refractivity contribution < 1.29 is 19.4 Å². The van der Waals surface area contributed by atoms with Gasteiger partial charge in [0.1, 0.15) is 5.75 Å². The molecule has 4 N–H and O–H groups in total. The monoisotopic (exact) mass is 343 g/mol. The minimum Gasteiger partial charge on any atom is -0.482 e. The number of carboxylic acids is 1. The van der Waals surface area contributed by atoms with Gasteiger partial charge >= 0.3 is 5.97 Å². The summed E-state index contributed by atoms with van der Waals surface area (Å²) in [4.78, 5) is 25.5. The Hall–Kier alpha value is -3.13. The van der Waals surface area contributed by atoms with Crippen molar-refractivity contribution in [1.29, 1.82) is 0 Å². The first-order valence-corrected chi connectivity index (χ1v) is 7.79. The van der Waals surface area contributed by atoms with Crippen LogP contribution in [0.4, 0.5) is 11.4 Å². The highest BCUT2D eigenvalue weighted by Gasteiger charge is 2.14. The van der Waals surface area contributed by atoms with Crippen LogP contribution < -0.4 is 15.8 Å². The lowest BCUT2D eigenvalue weighted by Crippen LogP contribution is -2.25. The van der Waals surface area contributed by atoms with Crippen molar-refractivity contribution >= 4 is 44.8 Å². The zero-order valence-electron chi connectivity index (χ0n) is 12.4. The van der Waals surface area contributed by atoms with Crippen LogP contribution in [0.5, 0.6) is 5.75 Å². The molecule has 2 heterocycles. The number of aromatic nitrogens is 1. The topological polar surface area (TPSA) is 115 Å². The van der Waals surface area contributed by atoms with Crippen molar-refractivity contribution in [3.63, 3.8) is 0 Å². The number of rotatable bonds is 1. The van der Waals surface area contributed by atoms with Crippen LogP contribution in [0.2, 0.25) is 0 Å². The van der Waals surface area contributed by atoms with Gasteiger partial charge in [0.05, 0.1) is 27.0 Å². The van der Waals surface area contributed by atoms with E-state index in [1.807, 2.05) is 0 Å². The molecule has 0 saturated carbocycles. The van der Waals surface area contributed by atoms with Crippen LogP contribution in [0.1, 0.15) is 10.4 Å². The molecule has 3 aromatic rings. The molecular weight excluding hydrogens is 330 g/mol. The van der Waals surface area contributed by atoms with Gasteiger partial charge in [-0.05, 0) is 36.4 Å². The maximum atomic E-state index is 10.9. The number of thiazole rings is 1.